The highest BCUT2D eigenvalue weighted by atomic mass is 35.5. The van der Waals surface area contributed by atoms with Gasteiger partial charge in [0.15, 0.2) is 0 Å². The molecule has 2 saturated heterocycles. The van der Waals surface area contributed by atoms with E-state index < -0.39 is 11.6 Å². The number of halogens is 1. The highest BCUT2D eigenvalue weighted by molar-refractivity contribution is 5.69. The summed E-state index contributed by atoms with van der Waals surface area (Å²) in [5, 5.41) is 18.0. The predicted octanol–water partition coefficient (Wildman–Crippen LogP) is -0.976. The summed E-state index contributed by atoms with van der Waals surface area (Å²) in [5.74, 6) is 0.364. The maximum Gasteiger partial charge on any atom is 0.410 e. The Morgan fingerprint density at radius 2 is 1.42 bits per heavy atom. The van der Waals surface area contributed by atoms with Gasteiger partial charge in [0.1, 0.15) is 5.60 Å². The molecule has 4 N–H and O–H groups in total. The number of likely N-dealkylation sites (tertiary alicyclic amines) is 1. The Morgan fingerprint density at radius 3 is 1.88 bits per heavy atom. The second kappa shape index (κ2) is 18.8. The average Bonchev–Trinajstić information content (AvgIpc) is 2.77. The summed E-state index contributed by atoms with van der Waals surface area (Å²) >= 11 is 0. The van der Waals surface area contributed by atoms with Crippen molar-refractivity contribution in [2.45, 2.75) is 77.7 Å². The van der Waals surface area contributed by atoms with E-state index in [1.165, 1.54) is 33.0 Å². The highest BCUT2D eigenvalue weighted by Gasteiger charge is 2.26. The summed E-state index contributed by atoms with van der Waals surface area (Å²) in [6, 6.07) is 0. The molecule has 0 unspecified atom stereocenters. The summed E-state index contributed by atoms with van der Waals surface area (Å²) in [5.41, 5.74) is -0.461. The van der Waals surface area contributed by atoms with Gasteiger partial charge >= 0.3 is 18.0 Å². The minimum Gasteiger partial charge on any atom is -1.00 e. The molecule has 1 amide bonds. The summed E-state index contributed by atoms with van der Waals surface area (Å²) in [6.07, 6.45) is 6.53. The number of aliphatic hydroxyl groups excluding tert-OH is 1. The van der Waals surface area contributed by atoms with E-state index in [-0.39, 0.29) is 30.9 Å². The van der Waals surface area contributed by atoms with E-state index in [2.05, 4.69) is 10.1 Å². The number of ether oxygens (including phenoxy) is 2. The van der Waals surface area contributed by atoms with Crippen LogP contribution >= 0.6 is 0 Å². The molecule has 0 aromatic carbocycles. The topological polar surface area (TPSA) is 130 Å². The van der Waals surface area contributed by atoms with Crippen molar-refractivity contribution in [3.8, 4) is 0 Å². The van der Waals surface area contributed by atoms with Crippen molar-refractivity contribution in [1.82, 2.24) is 4.90 Å². The fourth-order valence-corrected chi connectivity index (χ4v) is 3.77. The van der Waals surface area contributed by atoms with Crippen LogP contribution in [0.2, 0.25) is 0 Å². The van der Waals surface area contributed by atoms with Crippen LogP contribution < -0.4 is 17.7 Å². The van der Waals surface area contributed by atoms with Crippen molar-refractivity contribution < 1.29 is 51.8 Å². The zero-order valence-electron chi connectivity index (χ0n) is 21.0. The number of rotatable bonds is 6. The minimum atomic E-state index is -0.746. The smallest absolute Gasteiger partial charge is 0.410 e. The SMILES string of the molecule is CC(C)(C)OC(=O)N1CCC(CCC(=O)O)CC1.CO.COC(=O)CCC1CC[NH2+]CC1.[Cl-]. The largest absolute Gasteiger partial charge is 1.00 e. The third-order valence-electron chi connectivity index (χ3n) is 5.58. The second-order valence-corrected chi connectivity index (χ2v) is 9.27. The summed E-state index contributed by atoms with van der Waals surface area (Å²) in [7, 11) is 2.46. The molecule has 0 aromatic rings. The first kappa shape index (κ1) is 33.6. The van der Waals surface area contributed by atoms with Gasteiger partial charge in [-0.15, -0.1) is 0 Å². The van der Waals surface area contributed by atoms with Crippen LogP contribution in [0, 0.1) is 11.8 Å². The van der Waals surface area contributed by atoms with Gasteiger partial charge in [-0.3, -0.25) is 9.59 Å². The number of carboxylic acid groups (broad SMARTS) is 1. The Hall–Kier alpha value is -1.58. The lowest BCUT2D eigenvalue weighted by molar-refractivity contribution is -0.664. The van der Waals surface area contributed by atoms with Gasteiger partial charge < -0.3 is 42.3 Å². The maximum atomic E-state index is 11.8. The summed E-state index contributed by atoms with van der Waals surface area (Å²) < 4.78 is 9.90. The number of aliphatic carboxylic acids is 1. The molecule has 33 heavy (non-hydrogen) atoms. The fourth-order valence-electron chi connectivity index (χ4n) is 3.77. The number of piperidine rings is 2. The maximum absolute atomic E-state index is 11.8. The number of hydrogen-bond acceptors (Lipinski definition) is 6. The van der Waals surface area contributed by atoms with Gasteiger partial charge in [0.2, 0.25) is 0 Å². The minimum absolute atomic E-state index is 0. The van der Waals surface area contributed by atoms with Gasteiger partial charge in [0.05, 0.1) is 20.2 Å². The molecule has 0 aromatic heterocycles. The van der Waals surface area contributed by atoms with Crippen LogP contribution in [0.3, 0.4) is 0 Å². The molecular formula is C23H45ClN2O7. The lowest BCUT2D eigenvalue weighted by atomic mass is 9.92. The van der Waals surface area contributed by atoms with E-state index in [0.29, 0.717) is 31.8 Å². The van der Waals surface area contributed by atoms with Gasteiger partial charge in [0.25, 0.3) is 0 Å². The number of nitrogens with two attached hydrogens (primary N) is 1. The van der Waals surface area contributed by atoms with Crippen LogP contribution in [-0.4, -0.2) is 79.1 Å². The van der Waals surface area contributed by atoms with Gasteiger partial charge in [-0.05, 0) is 71.1 Å². The lowest BCUT2D eigenvalue weighted by Gasteiger charge is -2.33. The zero-order valence-corrected chi connectivity index (χ0v) is 21.7. The number of methoxy groups -OCH3 is 1. The van der Waals surface area contributed by atoms with Crippen LogP contribution in [0.5, 0.6) is 0 Å². The molecule has 0 atom stereocenters. The summed E-state index contributed by atoms with van der Waals surface area (Å²) in [4.78, 5) is 34.8. The Kier molecular flexibility index (Phi) is 19.1. The number of esters is 1. The normalized spacial score (nSPS) is 16.7. The molecule has 196 valence electrons. The third-order valence-corrected chi connectivity index (χ3v) is 5.58. The van der Waals surface area contributed by atoms with Crippen molar-refractivity contribution in [2.24, 2.45) is 11.8 Å². The van der Waals surface area contributed by atoms with Crippen LogP contribution in [0.4, 0.5) is 4.79 Å². The van der Waals surface area contributed by atoms with Gasteiger partial charge in [-0.1, -0.05) is 0 Å². The molecule has 0 spiro atoms. The number of carbonyl (C=O) groups is 3. The van der Waals surface area contributed by atoms with E-state index in [9.17, 15) is 14.4 Å². The van der Waals surface area contributed by atoms with Gasteiger partial charge in [0, 0.05) is 33.0 Å². The molecule has 2 aliphatic rings. The Bertz CT molecular complexity index is 541. The third kappa shape index (κ3) is 17.5. The number of carboxylic acids is 1. The van der Waals surface area contributed by atoms with Crippen LogP contribution in [0.15, 0.2) is 0 Å². The Balaban J connectivity index is 0. The van der Waals surface area contributed by atoms with Crippen molar-refractivity contribution in [2.75, 3.05) is 40.4 Å². The summed E-state index contributed by atoms with van der Waals surface area (Å²) in [6.45, 7) is 9.34. The molecule has 2 rings (SSSR count). The van der Waals surface area contributed by atoms with Gasteiger partial charge in [-0.2, -0.15) is 0 Å². The van der Waals surface area contributed by atoms with Crippen LogP contribution in [0.25, 0.3) is 0 Å². The first-order valence-corrected chi connectivity index (χ1v) is 11.6. The van der Waals surface area contributed by atoms with Crippen LogP contribution in [0.1, 0.15) is 72.1 Å². The monoisotopic (exact) mass is 496 g/mol. The Labute approximate surface area is 205 Å². The van der Waals surface area contributed by atoms with Crippen molar-refractivity contribution in [1.29, 1.82) is 0 Å². The zero-order chi connectivity index (χ0) is 24.6. The molecule has 2 fully saturated rings. The highest BCUT2D eigenvalue weighted by Crippen LogP contribution is 2.23. The number of quaternary nitrogens is 1. The number of aliphatic hydroxyl groups is 1. The van der Waals surface area contributed by atoms with E-state index in [1.54, 1.807) is 4.90 Å². The number of nitrogens with zero attached hydrogens (tertiary/aromatic N) is 1. The molecule has 0 aliphatic carbocycles. The van der Waals surface area contributed by atoms with E-state index in [4.69, 9.17) is 14.9 Å². The number of carbonyl (C=O) groups excluding carboxylic acids is 2. The molecule has 0 radical (unpaired) electrons. The average molecular weight is 497 g/mol. The van der Waals surface area contributed by atoms with Crippen LogP contribution in [-0.2, 0) is 19.1 Å². The quantitative estimate of drug-likeness (QED) is 0.403. The molecule has 0 bridgehead atoms. The lowest BCUT2D eigenvalue weighted by Crippen LogP contribution is -3.00. The van der Waals surface area contributed by atoms with Crippen molar-refractivity contribution in [3.63, 3.8) is 0 Å². The first-order chi connectivity index (χ1) is 15.1. The number of amides is 1. The van der Waals surface area contributed by atoms with E-state index in [0.717, 1.165) is 32.3 Å². The standard InChI is InChI=1S/C13H23NO4.C9H17NO2.CH4O.ClH/c1-13(2,3)18-12(17)14-8-6-10(7-9-14)4-5-11(15)16;1-12-9(11)3-2-8-4-6-10-7-5-8;1-2;/h10H,4-9H2,1-3H3,(H,15,16);8,10H,2-7H2,1H3;2H,1H3;1H. The Morgan fingerprint density at radius 1 is 0.939 bits per heavy atom. The molecular weight excluding hydrogens is 452 g/mol. The predicted molar refractivity (Wildman–Crippen MR) is 121 cm³/mol. The molecule has 10 heteroatoms. The van der Waals surface area contributed by atoms with Gasteiger partial charge in [-0.25, -0.2) is 4.79 Å². The number of hydrogen-bond donors (Lipinski definition) is 3. The second-order valence-electron chi connectivity index (χ2n) is 9.27. The van der Waals surface area contributed by atoms with Crippen molar-refractivity contribution in [3.05, 3.63) is 0 Å². The molecule has 2 aliphatic heterocycles. The fraction of sp³-hybridized carbons (Fsp3) is 0.870. The van der Waals surface area contributed by atoms with E-state index >= 15 is 0 Å². The molecule has 2 heterocycles. The van der Waals surface area contributed by atoms with Crippen molar-refractivity contribution >= 4 is 18.0 Å². The first-order valence-electron chi connectivity index (χ1n) is 11.6. The van der Waals surface area contributed by atoms with E-state index in [1.807, 2.05) is 20.8 Å². The molecule has 0 saturated carbocycles. The molecule has 9 nitrogen and oxygen atoms in total.